The Morgan fingerprint density at radius 2 is 1.67 bits per heavy atom. The molecular weight excluding hydrogens is 458 g/mol. The van der Waals surface area contributed by atoms with E-state index >= 15 is 0 Å². The predicted molar refractivity (Wildman–Crippen MR) is 130 cm³/mol. The van der Waals surface area contributed by atoms with Gasteiger partial charge < -0.3 is 5.32 Å². The van der Waals surface area contributed by atoms with Gasteiger partial charge in [0.25, 0.3) is 16.0 Å². The summed E-state index contributed by atoms with van der Waals surface area (Å²) in [6.45, 7) is 1.90. The molecule has 0 fully saturated rings. The van der Waals surface area contributed by atoms with Gasteiger partial charge in [-0.05, 0) is 48.4 Å². The first-order valence-corrected chi connectivity index (χ1v) is 12.1. The Morgan fingerprint density at radius 3 is 2.36 bits per heavy atom. The van der Waals surface area contributed by atoms with Crippen molar-refractivity contribution in [3.05, 3.63) is 107 Å². The van der Waals surface area contributed by atoms with E-state index in [9.17, 15) is 8.42 Å². The van der Waals surface area contributed by atoms with Crippen LogP contribution in [0.25, 0.3) is 5.70 Å². The van der Waals surface area contributed by atoms with Crippen molar-refractivity contribution < 1.29 is 8.42 Å². The zero-order valence-corrected chi connectivity index (χ0v) is 19.2. The van der Waals surface area contributed by atoms with Gasteiger partial charge >= 0.3 is 0 Å². The number of nitrogens with one attached hydrogen (secondary N) is 2. The fourth-order valence-electron chi connectivity index (χ4n) is 3.62. The van der Waals surface area contributed by atoms with Gasteiger partial charge in [-0.1, -0.05) is 71.8 Å². The molecule has 0 radical (unpaired) electrons. The first-order valence-electron chi connectivity index (χ1n) is 10.2. The van der Waals surface area contributed by atoms with Crippen molar-refractivity contribution in [1.82, 2.24) is 14.8 Å². The summed E-state index contributed by atoms with van der Waals surface area (Å²) in [6, 6.07) is 23.6. The Balaban J connectivity index is 1.53. The Hall–Kier alpha value is -3.62. The average molecular weight is 478 g/mol. The molecule has 1 atom stereocenters. The van der Waals surface area contributed by atoms with E-state index in [4.69, 9.17) is 11.6 Å². The van der Waals surface area contributed by atoms with Gasteiger partial charge in [0.05, 0.1) is 4.90 Å². The molecule has 166 valence electrons. The second-order valence-corrected chi connectivity index (χ2v) is 9.81. The molecule has 2 heterocycles. The third kappa shape index (κ3) is 4.35. The maximum Gasteiger partial charge on any atom is 0.264 e. The van der Waals surface area contributed by atoms with Gasteiger partial charge in [-0.25, -0.2) is 17.8 Å². The Bertz CT molecular complexity index is 1430. The summed E-state index contributed by atoms with van der Waals surface area (Å²) in [6.07, 6.45) is 2.03. The summed E-state index contributed by atoms with van der Waals surface area (Å²) in [5.41, 5.74) is 3.74. The molecule has 33 heavy (non-hydrogen) atoms. The largest absolute Gasteiger partial charge is 0.324 e. The smallest absolute Gasteiger partial charge is 0.264 e. The lowest BCUT2D eigenvalue weighted by atomic mass is 10.0. The fourth-order valence-corrected chi connectivity index (χ4v) is 4.68. The molecule has 4 aromatic rings. The van der Waals surface area contributed by atoms with Gasteiger partial charge in [0, 0.05) is 10.7 Å². The molecule has 2 N–H and O–H groups in total. The van der Waals surface area contributed by atoms with Crippen LogP contribution in [0.3, 0.4) is 0 Å². The van der Waals surface area contributed by atoms with Crippen LogP contribution in [-0.4, -0.2) is 23.2 Å². The van der Waals surface area contributed by atoms with Crippen molar-refractivity contribution in [2.75, 3.05) is 10.0 Å². The molecule has 7 nitrogen and oxygen atoms in total. The van der Waals surface area contributed by atoms with E-state index in [1.54, 1.807) is 28.9 Å². The fraction of sp³-hybridized carbons (Fsp3) is 0.0833. The molecule has 0 saturated heterocycles. The number of benzene rings is 3. The normalized spacial score (nSPS) is 15.3. The number of sulfonamides is 1. The van der Waals surface area contributed by atoms with Gasteiger partial charge in [0.1, 0.15) is 6.04 Å². The third-order valence-corrected chi connectivity index (χ3v) is 6.92. The Morgan fingerprint density at radius 1 is 0.970 bits per heavy atom. The molecule has 0 bridgehead atoms. The SMILES string of the molecule is Cc1ccc(S(=O)(=O)Nc2nc3n(n2)[C@@H](c2ccc(Cl)cc2)C=C(c2ccccc2)N3)cc1. The van der Waals surface area contributed by atoms with Crippen molar-refractivity contribution in [3.8, 4) is 0 Å². The standard InChI is InChI=1S/C24H20ClN5O2S/c1-16-7-13-20(14-8-16)33(31,32)29-23-27-24-26-21(17-5-3-2-4-6-17)15-22(30(24)28-23)18-9-11-19(25)12-10-18/h2-15,22H,1H3,(H2,26,27,28,29)/t22-/m1/s1. The van der Waals surface area contributed by atoms with Crippen LogP contribution in [0.2, 0.25) is 5.02 Å². The summed E-state index contributed by atoms with van der Waals surface area (Å²) in [4.78, 5) is 4.58. The Labute approximate surface area is 196 Å². The molecule has 0 aliphatic carbocycles. The lowest BCUT2D eigenvalue weighted by Gasteiger charge is -2.24. The zero-order valence-electron chi connectivity index (χ0n) is 17.6. The van der Waals surface area contributed by atoms with Crippen LogP contribution in [0, 0.1) is 6.92 Å². The van der Waals surface area contributed by atoms with Crippen LogP contribution in [0.15, 0.2) is 89.8 Å². The van der Waals surface area contributed by atoms with E-state index in [1.807, 2.05) is 67.6 Å². The molecular formula is C24H20ClN5O2S. The molecule has 1 aliphatic heterocycles. The minimum absolute atomic E-state index is 0.0141. The molecule has 9 heteroatoms. The van der Waals surface area contributed by atoms with E-state index in [1.165, 1.54) is 0 Å². The number of hydrogen-bond donors (Lipinski definition) is 2. The number of aryl methyl sites for hydroxylation is 1. The molecule has 1 aliphatic rings. The summed E-state index contributed by atoms with van der Waals surface area (Å²) < 4.78 is 29.9. The molecule has 1 aromatic heterocycles. The van der Waals surface area contributed by atoms with E-state index in [0.717, 1.165) is 22.4 Å². The van der Waals surface area contributed by atoms with Gasteiger partial charge in [-0.3, -0.25) is 0 Å². The van der Waals surface area contributed by atoms with E-state index < -0.39 is 10.0 Å². The first-order chi connectivity index (χ1) is 15.9. The van der Waals surface area contributed by atoms with Gasteiger partial charge in [-0.2, -0.15) is 4.98 Å². The number of fused-ring (bicyclic) bond motifs is 1. The third-order valence-electron chi connectivity index (χ3n) is 5.32. The number of rotatable bonds is 5. The highest BCUT2D eigenvalue weighted by molar-refractivity contribution is 7.92. The van der Waals surface area contributed by atoms with E-state index in [-0.39, 0.29) is 16.9 Å². The summed E-state index contributed by atoms with van der Waals surface area (Å²) in [5.74, 6) is 0.414. The monoisotopic (exact) mass is 477 g/mol. The van der Waals surface area contributed by atoms with Crippen LogP contribution in [-0.2, 0) is 10.0 Å². The highest BCUT2D eigenvalue weighted by Crippen LogP contribution is 2.33. The van der Waals surface area contributed by atoms with Crippen molar-refractivity contribution in [2.24, 2.45) is 0 Å². The second-order valence-electron chi connectivity index (χ2n) is 7.69. The maximum absolute atomic E-state index is 12.9. The summed E-state index contributed by atoms with van der Waals surface area (Å²) in [7, 11) is -3.83. The minimum atomic E-state index is -3.83. The quantitative estimate of drug-likeness (QED) is 0.417. The van der Waals surface area contributed by atoms with Crippen molar-refractivity contribution in [2.45, 2.75) is 17.9 Å². The number of hydrogen-bond acceptors (Lipinski definition) is 5. The van der Waals surface area contributed by atoms with Crippen LogP contribution in [0.4, 0.5) is 11.9 Å². The van der Waals surface area contributed by atoms with Crippen LogP contribution in [0.1, 0.15) is 22.7 Å². The molecule has 0 spiro atoms. The van der Waals surface area contributed by atoms with Gasteiger partial charge in [0.2, 0.25) is 5.95 Å². The number of halogens is 1. The van der Waals surface area contributed by atoms with Crippen LogP contribution in [0.5, 0.6) is 0 Å². The first kappa shape index (κ1) is 21.2. The topological polar surface area (TPSA) is 88.9 Å². The number of anilines is 2. The average Bonchev–Trinajstić information content (AvgIpc) is 3.21. The van der Waals surface area contributed by atoms with Crippen LogP contribution < -0.4 is 10.0 Å². The molecule has 3 aromatic carbocycles. The number of aromatic nitrogens is 3. The lowest BCUT2D eigenvalue weighted by molar-refractivity contribution is 0.598. The van der Waals surface area contributed by atoms with E-state index in [0.29, 0.717) is 11.0 Å². The maximum atomic E-state index is 12.9. The predicted octanol–water partition coefficient (Wildman–Crippen LogP) is 5.10. The number of allylic oxidation sites excluding steroid dienone is 1. The van der Waals surface area contributed by atoms with Crippen LogP contribution >= 0.6 is 11.6 Å². The number of nitrogens with zero attached hydrogens (tertiary/aromatic N) is 3. The lowest BCUT2D eigenvalue weighted by Crippen LogP contribution is -2.20. The van der Waals surface area contributed by atoms with Crippen molar-refractivity contribution >= 4 is 39.2 Å². The Kier molecular flexibility index (Phi) is 5.39. The zero-order chi connectivity index (χ0) is 23.0. The van der Waals surface area contributed by atoms with Gasteiger partial charge in [-0.15, -0.1) is 5.10 Å². The molecule has 5 rings (SSSR count). The van der Waals surface area contributed by atoms with Crippen molar-refractivity contribution in [1.29, 1.82) is 0 Å². The van der Waals surface area contributed by atoms with E-state index in [2.05, 4.69) is 20.1 Å². The molecule has 0 saturated carbocycles. The highest BCUT2D eigenvalue weighted by atomic mass is 35.5. The summed E-state index contributed by atoms with van der Waals surface area (Å²) >= 11 is 6.08. The second kappa shape index (κ2) is 8.38. The highest BCUT2D eigenvalue weighted by Gasteiger charge is 2.27. The molecule has 0 amide bonds. The van der Waals surface area contributed by atoms with Gasteiger partial charge in [0.15, 0.2) is 0 Å². The molecule has 0 unspecified atom stereocenters. The van der Waals surface area contributed by atoms with Crippen molar-refractivity contribution in [3.63, 3.8) is 0 Å². The summed E-state index contributed by atoms with van der Waals surface area (Å²) in [5, 5.41) is 8.36. The minimum Gasteiger partial charge on any atom is -0.324 e.